The molecule has 0 spiro atoms. The van der Waals surface area contributed by atoms with Crippen LogP contribution in [0.4, 0.5) is 17.6 Å². The van der Waals surface area contributed by atoms with Crippen LogP contribution in [0.3, 0.4) is 0 Å². The summed E-state index contributed by atoms with van der Waals surface area (Å²) in [6, 6.07) is 44.3. The average Bonchev–Trinajstić information content (AvgIpc) is 1.49. The van der Waals surface area contributed by atoms with Crippen molar-refractivity contribution in [1.29, 1.82) is 10.5 Å². The molecule has 92 heavy (non-hydrogen) atoms. The lowest BCUT2D eigenvalue weighted by molar-refractivity contribution is 0.103. The van der Waals surface area contributed by atoms with Crippen LogP contribution in [0.25, 0.3) is 80.7 Å². The molecular weight excluding hydrogens is 1280 g/mol. The summed E-state index contributed by atoms with van der Waals surface area (Å²) in [5, 5.41) is 20.3. The summed E-state index contributed by atoms with van der Waals surface area (Å²) in [6.07, 6.45) is 3.21. The summed E-state index contributed by atoms with van der Waals surface area (Å²) in [7, 11) is 0. The number of ketones is 2. The SMILES string of the molecule is [C-]#[N+]/C(C#N)=C1\C(=C\c2cc3sc4c(c3s2)C(c2ccc(C)cc2)(c2ccc(C)cc2)Oc2c-4sc3c4c(sc23)-c2sc3cc(/C=C5\C(=O)c6cc(F)c(F)cc6\C5=C(\C#N)[N+]#[C-])sc3c2C(c2ccc(C)cc2)(c2ccc(C)cc2)O4)C(=O)c2cc(F)c(F)cc21. The smallest absolute Gasteiger partial charge is 0.270 e. The highest BCUT2D eigenvalue weighted by Crippen LogP contribution is 2.69. The predicted molar refractivity (Wildman–Crippen MR) is 358 cm³/mol. The van der Waals surface area contributed by atoms with E-state index < -0.39 is 57.4 Å². The Hall–Kier alpha value is -10.1. The fraction of sp³-hybridized carbons (Fsp3) is 0.0811. The third-order valence-electron chi connectivity index (χ3n) is 17.3. The molecule has 8 nitrogen and oxygen atoms in total. The van der Waals surface area contributed by atoms with Crippen molar-refractivity contribution >= 4 is 131 Å². The fourth-order valence-corrected chi connectivity index (χ4v) is 21.3. The van der Waals surface area contributed by atoms with Crippen molar-refractivity contribution in [1.82, 2.24) is 0 Å². The van der Waals surface area contributed by atoms with E-state index in [0.29, 0.717) is 21.3 Å². The number of carbonyl (C=O) groups is 2. The van der Waals surface area contributed by atoms with Gasteiger partial charge >= 0.3 is 0 Å². The standard InChI is InChI=1S/C74H36F4N4O4S6/c1-33-7-15-37(16-8-33)73(38-17-9-34(2)10-18-38)59-65-55(25-41(87-65)23-47-57(53(31-79)81-5)43-27-49(75)51(77)29-45(43)61(47)83)89-67(59)69-63(85-73)71-72(91-69)64-70(92-71)68-60(74(86-64,39-19-11-35(3)12-20-39)40-21-13-36(4)14-22-40)66-56(90-68)26-42(88-66)24-48-58(54(32-80)82-6)44-28-50(76)52(78)30-46(44)62(48)84/h7-30H,1-4H3/b47-23-,48-24-,57-53-,58-54+. The molecule has 0 radical (unpaired) electrons. The average molecular weight is 1310 g/mol. The van der Waals surface area contributed by atoms with Gasteiger partial charge in [-0.05, 0) is 87.4 Å². The molecule has 2 aliphatic heterocycles. The van der Waals surface area contributed by atoms with Crippen molar-refractivity contribution in [2.45, 2.75) is 38.9 Å². The van der Waals surface area contributed by atoms with E-state index in [1.165, 1.54) is 22.7 Å². The Morgan fingerprint density at radius 1 is 0.446 bits per heavy atom. The number of hydrogen-bond donors (Lipinski definition) is 0. The molecule has 0 atom stereocenters. The number of halogens is 4. The summed E-state index contributed by atoms with van der Waals surface area (Å²) < 4.78 is 80.6. The molecule has 0 N–H and O–H groups in total. The first-order valence-electron chi connectivity index (χ1n) is 28.4. The molecule has 18 heteroatoms. The summed E-state index contributed by atoms with van der Waals surface area (Å²) >= 11 is 9.13. The van der Waals surface area contributed by atoms with Gasteiger partial charge in [-0.2, -0.15) is 0 Å². The van der Waals surface area contributed by atoms with Crippen LogP contribution in [0.15, 0.2) is 156 Å². The molecule has 8 heterocycles. The summed E-state index contributed by atoms with van der Waals surface area (Å²) in [6.45, 7) is 23.9. The maximum Gasteiger partial charge on any atom is 0.270 e. The quantitative estimate of drug-likeness (QED) is 0.0710. The van der Waals surface area contributed by atoms with E-state index in [-0.39, 0.29) is 44.5 Å². The molecule has 16 rings (SSSR count). The number of ether oxygens (including phenoxy) is 2. The molecule has 0 saturated heterocycles. The first-order chi connectivity index (χ1) is 44.5. The molecule has 12 aromatic rings. The van der Waals surface area contributed by atoms with E-state index in [1.54, 1.807) is 57.5 Å². The normalized spacial score (nSPS) is 16.7. The minimum Gasteiger partial charge on any atom is -0.470 e. The van der Waals surface area contributed by atoms with Crippen molar-refractivity contribution in [2.24, 2.45) is 0 Å². The van der Waals surface area contributed by atoms with Crippen LogP contribution >= 0.6 is 68.0 Å². The minimum atomic E-state index is -1.30. The number of aryl methyl sites for hydroxylation is 4. The number of nitriles is 2. The van der Waals surface area contributed by atoms with Gasteiger partial charge in [0.2, 0.25) is 0 Å². The molecule has 6 aromatic heterocycles. The Kier molecular flexibility index (Phi) is 12.8. The second-order valence-corrected chi connectivity index (χ2v) is 29.1. The van der Waals surface area contributed by atoms with Crippen LogP contribution in [0, 0.1) is 86.8 Å². The molecule has 0 amide bonds. The number of carbonyl (C=O) groups excluding carboxylic acids is 2. The van der Waals surface area contributed by atoms with Gasteiger partial charge in [0.25, 0.3) is 11.4 Å². The first kappa shape index (κ1) is 57.1. The maximum atomic E-state index is 14.9. The lowest BCUT2D eigenvalue weighted by Gasteiger charge is -2.39. The van der Waals surface area contributed by atoms with Crippen LogP contribution in [0.1, 0.15) is 97.2 Å². The highest BCUT2D eigenvalue weighted by atomic mass is 32.1. The minimum absolute atomic E-state index is 0.0205. The Balaban J connectivity index is 0.938. The number of hydrogen-bond acceptors (Lipinski definition) is 12. The molecule has 0 saturated carbocycles. The lowest BCUT2D eigenvalue weighted by atomic mass is 9.78. The van der Waals surface area contributed by atoms with Gasteiger partial charge in [-0.25, -0.2) is 37.8 Å². The van der Waals surface area contributed by atoms with E-state index in [2.05, 4.69) is 107 Å². The zero-order valence-electron chi connectivity index (χ0n) is 48.2. The van der Waals surface area contributed by atoms with E-state index in [0.717, 1.165) is 128 Å². The molecule has 440 valence electrons. The summed E-state index contributed by atoms with van der Waals surface area (Å²) in [4.78, 5) is 40.2. The van der Waals surface area contributed by atoms with Crippen LogP contribution < -0.4 is 9.47 Å². The van der Waals surface area contributed by atoms with Crippen molar-refractivity contribution in [3.8, 4) is 43.1 Å². The number of fused-ring (bicyclic) bond motifs is 15. The molecular formula is C74H36F4N4O4S6. The van der Waals surface area contributed by atoms with Gasteiger partial charge in [0, 0.05) is 86.0 Å². The topological polar surface area (TPSA) is 109 Å². The van der Waals surface area contributed by atoms with Crippen molar-refractivity contribution in [2.75, 3.05) is 0 Å². The third kappa shape index (κ3) is 8.09. The molecule has 0 unspecified atom stereocenters. The zero-order chi connectivity index (χ0) is 63.5. The molecule has 6 aromatic carbocycles. The van der Waals surface area contributed by atoms with Crippen LogP contribution in [0.2, 0.25) is 0 Å². The third-order valence-corrected chi connectivity index (χ3v) is 24.9. The summed E-state index contributed by atoms with van der Waals surface area (Å²) in [5.41, 5.74) is 5.38. The second kappa shape index (κ2) is 20.7. The van der Waals surface area contributed by atoms with Gasteiger partial charge in [0.15, 0.2) is 57.5 Å². The summed E-state index contributed by atoms with van der Waals surface area (Å²) in [5.74, 6) is -4.80. The number of benzene rings is 6. The van der Waals surface area contributed by atoms with E-state index in [1.807, 2.05) is 52.0 Å². The molecule has 0 fully saturated rings. The lowest BCUT2D eigenvalue weighted by Crippen LogP contribution is -2.38. The van der Waals surface area contributed by atoms with E-state index >= 15 is 0 Å². The first-order valence-corrected chi connectivity index (χ1v) is 33.3. The monoisotopic (exact) mass is 1310 g/mol. The molecule has 0 bridgehead atoms. The van der Waals surface area contributed by atoms with Crippen LogP contribution in [-0.2, 0) is 11.2 Å². The fourth-order valence-electron chi connectivity index (χ4n) is 13.0. The zero-order valence-corrected chi connectivity index (χ0v) is 53.1. The number of thiophene rings is 6. The largest absolute Gasteiger partial charge is 0.470 e. The van der Waals surface area contributed by atoms with Crippen molar-refractivity contribution in [3.05, 3.63) is 290 Å². The van der Waals surface area contributed by atoms with Crippen LogP contribution in [0.5, 0.6) is 11.5 Å². The van der Waals surface area contributed by atoms with Gasteiger partial charge in [-0.3, -0.25) is 9.59 Å². The highest BCUT2D eigenvalue weighted by molar-refractivity contribution is 7.37. The Morgan fingerprint density at radius 3 is 1.07 bits per heavy atom. The maximum absolute atomic E-state index is 14.9. The van der Waals surface area contributed by atoms with E-state index in [4.69, 9.17) is 22.6 Å². The van der Waals surface area contributed by atoms with Crippen LogP contribution in [-0.4, -0.2) is 11.6 Å². The Morgan fingerprint density at radius 2 is 0.761 bits per heavy atom. The van der Waals surface area contributed by atoms with Crippen molar-refractivity contribution < 1.29 is 36.6 Å². The second-order valence-electron chi connectivity index (χ2n) is 22.8. The van der Waals surface area contributed by atoms with Crippen molar-refractivity contribution in [3.63, 3.8) is 0 Å². The van der Waals surface area contributed by atoms with Gasteiger partial charge in [-0.1, -0.05) is 119 Å². The molecule has 2 aliphatic carbocycles. The predicted octanol–water partition coefficient (Wildman–Crippen LogP) is 20.9. The van der Waals surface area contributed by atoms with Gasteiger partial charge in [-0.15, -0.1) is 68.0 Å². The Bertz CT molecular complexity index is 5230. The van der Waals surface area contributed by atoms with E-state index in [9.17, 15) is 37.7 Å². The number of Topliss-reactive ketones (excluding diaryl/α,β-unsaturated/α-hetero) is 2. The van der Waals surface area contributed by atoms with Gasteiger partial charge < -0.3 is 9.47 Å². The number of nitrogens with zero attached hydrogens (tertiary/aromatic N) is 4. The number of rotatable bonds is 6. The van der Waals surface area contributed by atoms with Gasteiger partial charge in [0.05, 0.1) is 63.6 Å². The van der Waals surface area contributed by atoms with Gasteiger partial charge in [0.1, 0.15) is 0 Å². The number of allylic oxidation sites excluding steroid dienone is 6. The Labute approximate surface area is 545 Å². The molecule has 4 aliphatic rings. The highest BCUT2D eigenvalue weighted by Gasteiger charge is 2.53.